The number of aryl methyl sites for hydroxylation is 2. The summed E-state index contributed by atoms with van der Waals surface area (Å²) < 4.78 is 28.0. The van der Waals surface area contributed by atoms with Gasteiger partial charge in [-0.3, -0.25) is 13.9 Å². The molecule has 166 valence electrons. The lowest BCUT2D eigenvalue weighted by atomic mass is 10.1. The largest absolute Gasteiger partial charge is 0.326 e. The third-order valence-electron chi connectivity index (χ3n) is 4.74. The van der Waals surface area contributed by atoms with Crippen molar-refractivity contribution in [2.75, 3.05) is 21.5 Å². The van der Waals surface area contributed by atoms with Gasteiger partial charge in [-0.15, -0.1) is 0 Å². The molecular formula is C24H25N3O4S. The van der Waals surface area contributed by atoms with Crippen LogP contribution in [0, 0.1) is 13.8 Å². The Morgan fingerprint density at radius 1 is 0.844 bits per heavy atom. The van der Waals surface area contributed by atoms with Gasteiger partial charge < -0.3 is 10.6 Å². The summed E-state index contributed by atoms with van der Waals surface area (Å²) in [5, 5.41) is 5.37. The third-order valence-corrected chi connectivity index (χ3v) is 6.51. The highest BCUT2D eigenvalue weighted by Gasteiger charge is 2.28. The van der Waals surface area contributed by atoms with Gasteiger partial charge in [-0.2, -0.15) is 0 Å². The second kappa shape index (κ2) is 9.65. The normalized spacial score (nSPS) is 11.0. The van der Waals surface area contributed by atoms with Gasteiger partial charge in [-0.25, -0.2) is 8.42 Å². The van der Waals surface area contributed by atoms with Crippen molar-refractivity contribution in [2.45, 2.75) is 25.7 Å². The zero-order chi connectivity index (χ0) is 23.3. The summed E-state index contributed by atoms with van der Waals surface area (Å²) >= 11 is 0. The van der Waals surface area contributed by atoms with E-state index in [0.29, 0.717) is 17.1 Å². The molecule has 3 aromatic carbocycles. The quantitative estimate of drug-likeness (QED) is 0.565. The van der Waals surface area contributed by atoms with Crippen LogP contribution in [-0.2, 0) is 19.6 Å². The summed E-state index contributed by atoms with van der Waals surface area (Å²) in [6, 6.07) is 20.1. The van der Waals surface area contributed by atoms with E-state index in [1.165, 1.54) is 19.1 Å². The summed E-state index contributed by atoms with van der Waals surface area (Å²) in [5.41, 5.74) is 3.15. The van der Waals surface area contributed by atoms with Crippen molar-refractivity contribution in [1.82, 2.24) is 0 Å². The van der Waals surface area contributed by atoms with E-state index in [1.54, 1.807) is 55.5 Å². The van der Waals surface area contributed by atoms with E-state index in [-0.39, 0.29) is 10.8 Å². The van der Waals surface area contributed by atoms with Crippen LogP contribution in [-0.4, -0.2) is 26.8 Å². The fourth-order valence-electron chi connectivity index (χ4n) is 3.18. The molecule has 0 fully saturated rings. The number of hydrogen-bond acceptors (Lipinski definition) is 4. The van der Waals surface area contributed by atoms with Crippen molar-refractivity contribution in [2.24, 2.45) is 0 Å². The van der Waals surface area contributed by atoms with Crippen molar-refractivity contribution in [1.29, 1.82) is 0 Å². The van der Waals surface area contributed by atoms with E-state index < -0.39 is 22.5 Å². The topological polar surface area (TPSA) is 95.6 Å². The number of nitrogens with zero attached hydrogens (tertiary/aromatic N) is 1. The smallest absolute Gasteiger partial charge is 0.264 e. The summed E-state index contributed by atoms with van der Waals surface area (Å²) in [5.74, 6) is -0.685. The number of carbonyl (C=O) groups excluding carboxylic acids is 2. The standard InChI is InChI=1S/C24H25N3O4S/c1-17-9-10-18(2)23(15-17)27(32(30,31)22-7-5-4-6-8-22)16-24(29)26-21-13-11-20(12-14-21)25-19(3)28/h4-15H,16H2,1-3H3,(H,25,28)(H,26,29). The van der Waals surface area contributed by atoms with Gasteiger partial charge in [0.2, 0.25) is 11.8 Å². The Hall–Kier alpha value is -3.65. The maximum Gasteiger partial charge on any atom is 0.264 e. The first-order valence-electron chi connectivity index (χ1n) is 9.99. The molecule has 0 unspecified atom stereocenters. The molecule has 0 saturated carbocycles. The Morgan fingerprint density at radius 3 is 2.03 bits per heavy atom. The minimum Gasteiger partial charge on any atom is -0.326 e. The molecule has 0 saturated heterocycles. The average Bonchev–Trinajstić information content (AvgIpc) is 2.75. The van der Waals surface area contributed by atoms with Crippen LogP contribution in [0.25, 0.3) is 0 Å². The second-order valence-corrected chi connectivity index (χ2v) is 9.28. The highest BCUT2D eigenvalue weighted by atomic mass is 32.2. The predicted molar refractivity (Wildman–Crippen MR) is 126 cm³/mol. The molecule has 0 aliphatic carbocycles. The first-order chi connectivity index (χ1) is 15.2. The summed E-state index contributed by atoms with van der Waals surface area (Å²) in [6.45, 7) is 4.69. The molecule has 0 radical (unpaired) electrons. The number of anilines is 3. The zero-order valence-corrected chi connectivity index (χ0v) is 18.9. The van der Waals surface area contributed by atoms with Crippen LogP contribution in [0.3, 0.4) is 0 Å². The Kier molecular flexibility index (Phi) is 6.95. The maximum absolute atomic E-state index is 13.4. The first kappa shape index (κ1) is 23.0. The van der Waals surface area contributed by atoms with Crippen LogP contribution in [0.5, 0.6) is 0 Å². The van der Waals surface area contributed by atoms with Crippen molar-refractivity contribution >= 4 is 38.9 Å². The van der Waals surface area contributed by atoms with Gasteiger partial charge in [0.05, 0.1) is 10.6 Å². The van der Waals surface area contributed by atoms with E-state index in [2.05, 4.69) is 10.6 Å². The second-order valence-electron chi connectivity index (χ2n) is 7.42. The molecule has 0 aliphatic rings. The monoisotopic (exact) mass is 451 g/mol. The van der Waals surface area contributed by atoms with E-state index >= 15 is 0 Å². The highest BCUT2D eigenvalue weighted by Crippen LogP contribution is 2.28. The summed E-state index contributed by atoms with van der Waals surface area (Å²) in [7, 11) is -3.98. The highest BCUT2D eigenvalue weighted by molar-refractivity contribution is 7.92. The maximum atomic E-state index is 13.4. The Bertz CT molecular complexity index is 1220. The average molecular weight is 452 g/mol. The lowest BCUT2D eigenvalue weighted by Crippen LogP contribution is -2.38. The number of amides is 2. The lowest BCUT2D eigenvalue weighted by Gasteiger charge is -2.26. The Balaban J connectivity index is 1.90. The van der Waals surface area contributed by atoms with Crippen LogP contribution >= 0.6 is 0 Å². The number of carbonyl (C=O) groups is 2. The van der Waals surface area contributed by atoms with Crippen LogP contribution < -0.4 is 14.9 Å². The van der Waals surface area contributed by atoms with Gasteiger partial charge in [0.1, 0.15) is 6.54 Å². The molecule has 0 heterocycles. The van der Waals surface area contributed by atoms with Gasteiger partial charge in [0.25, 0.3) is 10.0 Å². The molecule has 0 aliphatic heterocycles. The van der Waals surface area contributed by atoms with Crippen molar-refractivity contribution in [3.63, 3.8) is 0 Å². The summed E-state index contributed by atoms with van der Waals surface area (Å²) in [4.78, 5) is 24.1. The van der Waals surface area contributed by atoms with Crippen molar-refractivity contribution in [3.8, 4) is 0 Å². The molecule has 3 aromatic rings. The van der Waals surface area contributed by atoms with Crippen LogP contribution in [0.4, 0.5) is 17.1 Å². The number of nitrogens with one attached hydrogen (secondary N) is 2. The van der Waals surface area contributed by atoms with Crippen LogP contribution in [0.2, 0.25) is 0 Å². The molecule has 3 rings (SSSR count). The van der Waals surface area contributed by atoms with E-state index in [0.717, 1.165) is 15.4 Å². The lowest BCUT2D eigenvalue weighted by molar-refractivity contribution is -0.115. The molecule has 0 spiro atoms. The number of rotatable bonds is 7. The number of benzene rings is 3. The minimum absolute atomic E-state index is 0.105. The number of sulfonamides is 1. The first-order valence-corrected chi connectivity index (χ1v) is 11.4. The van der Waals surface area contributed by atoms with Crippen molar-refractivity contribution in [3.05, 3.63) is 83.9 Å². The molecule has 2 amide bonds. The fourth-order valence-corrected chi connectivity index (χ4v) is 4.68. The Labute approximate surface area is 188 Å². The van der Waals surface area contributed by atoms with Crippen molar-refractivity contribution < 1.29 is 18.0 Å². The fraction of sp³-hybridized carbons (Fsp3) is 0.167. The van der Waals surface area contributed by atoms with Gasteiger partial charge in [0, 0.05) is 18.3 Å². The third kappa shape index (κ3) is 5.53. The van der Waals surface area contributed by atoms with E-state index in [4.69, 9.17) is 0 Å². The molecular weight excluding hydrogens is 426 g/mol. The van der Waals surface area contributed by atoms with Gasteiger partial charge >= 0.3 is 0 Å². The van der Waals surface area contributed by atoms with Gasteiger partial charge in [-0.1, -0.05) is 30.3 Å². The molecule has 0 bridgehead atoms. The molecule has 2 N–H and O–H groups in total. The van der Waals surface area contributed by atoms with Crippen LogP contribution in [0.1, 0.15) is 18.1 Å². The predicted octanol–water partition coefficient (Wildman–Crippen LogP) is 4.10. The molecule has 0 aromatic heterocycles. The van der Waals surface area contributed by atoms with E-state index in [1.807, 2.05) is 19.1 Å². The van der Waals surface area contributed by atoms with Gasteiger partial charge in [-0.05, 0) is 67.4 Å². The SMILES string of the molecule is CC(=O)Nc1ccc(NC(=O)CN(c2cc(C)ccc2C)S(=O)(=O)c2ccccc2)cc1. The van der Waals surface area contributed by atoms with Crippen LogP contribution in [0.15, 0.2) is 77.7 Å². The molecule has 8 heteroatoms. The zero-order valence-electron chi connectivity index (χ0n) is 18.1. The molecule has 32 heavy (non-hydrogen) atoms. The molecule has 0 atom stereocenters. The van der Waals surface area contributed by atoms with E-state index in [9.17, 15) is 18.0 Å². The Morgan fingerprint density at radius 2 is 1.44 bits per heavy atom. The summed E-state index contributed by atoms with van der Waals surface area (Å²) in [6.07, 6.45) is 0. The number of hydrogen-bond donors (Lipinski definition) is 2. The minimum atomic E-state index is -3.98. The molecule has 7 nitrogen and oxygen atoms in total. The van der Waals surface area contributed by atoms with Gasteiger partial charge in [0.15, 0.2) is 0 Å².